The summed E-state index contributed by atoms with van der Waals surface area (Å²) in [7, 11) is 0. The average Bonchev–Trinajstić information content (AvgIpc) is 2.89. The molecule has 1 aromatic heterocycles. The van der Waals surface area contributed by atoms with Crippen molar-refractivity contribution in [2.24, 2.45) is 0 Å². The minimum absolute atomic E-state index is 0.112. The van der Waals surface area contributed by atoms with Crippen molar-refractivity contribution in [1.82, 2.24) is 4.98 Å². The molecule has 0 unspecified atom stereocenters. The molecule has 0 spiro atoms. The van der Waals surface area contributed by atoms with Crippen LogP contribution in [0.5, 0.6) is 0 Å². The van der Waals surface area contributed by atoms with Crippen LogP contribution in [-0.2, 0) is 17.8 Å². The van der Waals surface area contributed by atoms with E-state index < -0.39 is 0 Å². The summed E-state index contributed by atoms with van der Waals surface area (Å²) < 4.78 is 0. The summed E-state index contributed by atoms with van der Waals surface area (Å²) in [4.78, 5) is 17.5. The molecule has 1 aliphatic heterocycles. The Morgan fingerprint density at radius 3 is 3.00 bits per heavy atom. The molecule has 0 saturated heterocycles. The van der Waals surface area contributed by atoms with E-state index in [0.717, 1.165) is 30.9 Å². The topological polar surface area (TPSA) is 45.2 Å². The van der Waals surface area contributed by atoms with Gasteiger partial charge in [0.2, 0.25) is 5.91 Å². The fraction of sp³-hybridized carbons (Fsp3) is 0.294. The lowest BCUT2D eigenvalue weighted by Crippen LogP contribution is -2.25. The first-order valence-electron chi connectivity index (χ1n) is 7.19. The fourth-order valence-corrected chi connectivity index (χ4v) is 2.72. The van der Waals surface area contributed by atoms with Crippen LogP contribution in [0, 0.1) is 6.92 Å². The van der Waals surface area contributed by atoms with E-state index in [1.807, 2.05) is 35.5 Å². The number of pyridine rings is 1. The van der Waals surface area contributed by atoms with Gasteiger partial charge in [0.1, 0.15) is 0 Å². The number of aromatic nitrogens is 1. The Hall–Kier alpha value is -2.36. The van der Waals surface area contributed by atoms with Crippen molar-refractivity contribution in [2.45, 2.75) is 26.8 Å². The lowest BCUT2D eigenvalue weighted by atomic mass is 10.1. The zero-order chi connectivity index (χ0) is 14.8. The van der Waals surface area contributed by atoms with Gasteiger partial charge in [0.25, 0.3) is 0 Å². The van der Waals surface area contributed by atoms with Gasteiger partial charge in [-0.3, -0.25) is 9.78 Å². The maximum absolute atomic E-state index is 11.5. The third kappa shape index (κ3) is 2.75. The van der Waals surface area contributed by atoms with Gasteiger partial charge < -0.3 is 10.2 Å². The quantitative estimate of drug-likeness (QED) is 0.941. The molecule has 2 aromatic rings. The van der Waals surface area contributed by atoms with E-state index >= 15 is 0 Å². The molecule has 0 atom stereocenters. The molecule has 1 N–H and O–H groups in total. The van der Waals surface area contributed by atoms with Gasteiger partial charge in [-0.2, -0.15) is 0 Å². The second-order valence-corrected chi connectivity index (χ2v) is 5.42. The summed E-state index contributed by atoms with van der Waals surface area (Å²) in [6.45, 7) is 5.25. The lowest BCUT2D eigenvalue weighted by Gasteiger charge is -2.15. The van der Waals surface area contributed by atoms with Gasteiger partial charge in [-0.05, 0) is 54.3 Å². The largest absolute Gasteiger partial charge is 0.381 e. The predicted molar refractivity (Wildman–Crippen MR) is 84.5 cm³/mol. The molecule has 1 amide bonds. The van der Waals surface area contributed by atoms with Gasteiger partial charge in [0.05, 0.1) is 0 Å². The molecule has 2 heterocycles. The normalized spacial score (nSPS) is 13.1. The molecule has 108 valence electrons. The van der Waals surface area contributed by atoms with Gasteiger partial charge >= 0.3 is 0 Å². The highest BCUT2D eigenvalue weighted by atomic mass is 16.2. The van der Waals surface area contributed by atoms with Crippen LogP contribution >= 0.6 is 0 Å². The van der Waals surface area contributed by atoms with Crippen LogP contribution in [0.25, 0.3) is 0 Å². The second-order valence-electron chi connectivity index (χ2n) is 5.42. The number of rotatable bonds is 3. The van der Waals surface area contributed by atoms with Crippen LogP contribution in [0.2, 0.25) is 0 Å². The zero-order valence-corrected chi connectivity index (χ0v) is 12.4. The van der Waals surface area contributed by atoms with Gasteiger partial charge in [0, 0.05) is 43.8 Å². The fourth-order valence-electron chi connectivity index (χ4n) is 2.72. The van der Waals surface area contributed by atoms with Gasteiger partial charge in [0.15, 0.2) is 0 Å². The lowest BCUT2D eigenvalue weighted by molar-refractivity contribution is -0.116. The van der Waals surface area contributed by atoms with E-state index in [9.17, 15) is 4.79 Å². The van der Waals surface area contributed by atoms with E-state index in [0.29, 0.717) is 0 Å². The molecule has 0 fully saturated rings. The maximum Gasteiger partial charge on any atom is 0.223 e. The van der Waals surface area contributed by atoms with E-state index in [2.05, 4.69) is 23.3 Å². The van der Waals surface area contributed by atoms with Crippen molar-refractivity contribution in [3.8, 4) is 0 Å². The second kappa shape index (κ2) is 5.56. The Balaban J connectivity index is 1.74. The Bertz CT molecular complexity index is 681. The zero-order valence-electron chi connectivity index (χ0n) is 12.4. The monoisotopic (exact) mass is 281 g/mol. The van der Waals surface area contributed by atoms with Crippen LogP contribution in [0.4, 0.5) is 11.4 Å². The summed E-state index contributed by atoms with van der Waals surface area (Å²) in [5, 5.41) is 3.43. The van der Waals surface area contributed by atoms with Crippen molar-refractivity contribution >= 4 is 17.3 Å². The minimum Gasteiger partial charge on any atom is -0.381 e. The molecular weight excluding hydrogens is 262 g/mol. The molecule has 21 heavy (non-hydrogen) atoms. The molecule has 4 nitrogen and oxygen atoms in total. The number of hydrogen-bond donors (Lipinski definition) is 1. The number of aryl methyl sites for hydroxylation is 1. The first-order valence-corrected chi connectivity index (χ1v) is 7.19. The van der Waals surface area contributed by atoms with Crippen molar-refractivity contribution in [1.29, 1.82) is 0 Å². The summed E-state index contributed by atoms with van der Waals surface area (Å²) in [6.07, 6.45) is 4.63. The number of benzene rings is 1. The molecule has 1 aliphatic rings. The molecular formula is C17H19N3O. The molecule has 4 heteroatoms. The molecule has 0 aliphatic carbocycles. The molecule has 1 aromatic carbocycles. The van der Waals surface area contributed by atoms with Gasteiger partial charge in [-0.25, -0.2) is 0 Å². The van der Waals surface area contributed by atoms with Crippen LogP contribution in [-0.4, -0.2) is 17.4 Å². The number of nitrogens with one attached hydrogen (secondary N) is 1. The SMILES string of the molecule is CC(=O)N1CCc2cc(NCc3cnccc3C)ccc21. The third-order valence-electron chi connectivity index (χ3n) is 3.99. The van der Waals surface area contributed by atoms with E-state index in [-0.39, 0.29) is 5.91 Å². The number of hydrogen-bond acceptors (Lipinski definition) is 3. The van der Waals surface area contributed by atoms with Crippen LogP contribution in [0.3, 0.4) is 0 Å². The van der Waals surface area contributed by atoms with Crippen LogP contribution in [0.1, 0.15) is 23.6 Å². The molecule has 0 saturated carbocycles. The van der Waals surface area contributed by atoms with Crippen molar-refractivity contribution in [3.05, 3.63) is 53.3 Å². The minimum atomic E-state index is 0.112. The number of carbonyl (C=O) groups is 1. The first kappa shape index (κ1) is 13.6. The van der Waals surface area contributed by atoms with Crippen molar-refractivity contribution in [2.75, 3.05) is 16.8 Å². The first-order chi connectivity index (χ1) is 10.1. The molecule has 0 bridgehead atoms. The highest BCUT2D eigenvalue weighted by molar-refractivity contribution is 5.94. The van der Waals surface area contributed by atoms with Crippen LogP contribution < -0.4 is 10.2 Å². The van der Waals surface area contributed by atoms with E-state index in [1.54, 1.807) is 6.92 Å². The highest BCUT2D eigenvalue weighted by Gasteiger charge is 2.21. The van der Waals surface area contributed by atoms with Crippen LogP contribution in [0.15, 0.2) is 36.7 Å². The number of carbonyl (C=O) groups excluding carboxylic acids is 1. The standard InChI is InChI=1S/C17H19N3O/c1-12-5-7-18-10-15(12)11-19-16-3-4-17-14(9-16)6-8-20(17)13(2)21/h3-5,7,9-10,19H,6,8,11H2,1-2H3. The van der Waals surface area contributed by atoms with Crippen molar-refractivity contribution in [3.63, 3.8) is 0 Å². The summed E-state index contributed by atoms with van der Waals surface area (Å²) in [6, 6.07) is 8.22. The van der Waals surface area contributed by atoms with Gasteiger partial charge in [-0.1, -0.05) is 0 Å². The Morgan fingerprint density at radius 1 is 1.38 bits per heavy atom. The number of amides is 1. The Morgan fingerprint density at radius 2 is 2.24 bits per heavy atom. The van der Waals surface area contributed by atoms with Gasteiger partial charge in [-0.15, -0.1) is 0 Å². The average molecular weight is 281 g/mol. The van der Waals surface area contributed by atoms with E-state index in [1.165, 1.54) is 16.7 Å². The number of nitrogens with zero attached hydrogens (tertiary/aromatic N) is 2. The summed E-state index contributed by atoms with van der Waals surface area (Å²) >= 11 is 0. The highest BCUT2D eigenvalue weighted by Crippen LogP contribution is 2.30. The molecule has 0 radical (unpaired) electrons. The summed E-state index contributed by atoms with van der Waals surface area (Å²) in [5.41, 5.74) is 5.80. The Labute approximate surface area is 124 Å². The number of fused-ring (bicyclic) bond motifs is 1. The van der Waals surface area contributed by atoms with Crippen molar-refractivity contribution < 1.29 is 4.79 Å². The number of anilines is 2. The summed E-state index contributed by atoms with van der Waals surface area (Å²) in [5.74, 6) is 0.112. The predicted octanol–water partition coefficient (Wildman–Crippen LogP) is 2.91. The Kier molecular flexibility index (Phi) is 3.60. The van der Waals surface area contributed by atoms with E-state index in [4.69, 9.17) is 0 Å². The molecule has 3 rings (SSSR count). The third-order valence-corrected chi connectivity index (χ3v) is 3.99. The smallest absolute Gasteiger partial charge is 0.223 e. The maximum atomic E-state index is 11.5.